The molecule has 8 heteroatoms. The lowest BCUT2D eigenvalue weighted by Crippen LogP contribution is -2.48. The monoisotopic (exact) mass is 400 g/mol. The molecular weight excluding hydrogens is 383 g/mol. The maximum atomic E-state index is 12.8. The molecule has 0 aromatic heterocycles. The summed E-state index contributed by atoms with van der Waals surface area (Å²) in [5.74, 6) is 0.794. The van der Waals surface area contributed by atoms with Gasteiger partial charge >= 0.3 is 0 Å². The van der Waals surface area contributed by atoms with Crippen molar-refractivity contribution in [3.05, 3.63) is 52.5 Å². The number of hydrogen-bond acceptors (Lipinski definition) is 4. The van der Waals surface area contributed by atoms with Crippen LogP contribution in [0, 0.1) is 0 Å². The van der Waals surface area contributed by atoms with Gasteiger partial charge in [0.15, 0.2) is 0 Å². The van der Waals surface area contributed by atoms with E-state index in [1.807, 2.05) is 24.3 Å². The molecule has 1 aliphatic rings. The van der Waals surface area contributed by atoms with Gasteiger partial charge in [0, 0.05) is 36.9 Å². The lowest BCUT2D eigenvalue weighted by atomic mass is 10.2. The Balaban J connectivity index is 1.72. The van der Waals surface area contributed by atoms with Gasteiger partial charge in [-0.2, -0.15) is 4.31 Å². The van der Waals surface area contributed by atoms with Crippen molar-refractivity contribution in [2.45, 2.75) is 4.90 Å². The molecule has 134 valence electrons. The average Bonchev–Trinajstić information content (AvgIpc) is 2.61. The van der Waals surface area contributed by atoms with Gasteiger partial charge in [0.25, 0.3) is 0 Å². The van der Waals surface area contributed by atoms with Gasteiger partial charge < -0.3 is 9.64 Å². The van der Waals surface area contributed by atoms with E-state index >= 15 is 0 Å². The zero-order valence-electron chi connectivity index (χ0n) is 13.7. The van der Waals surface area contributed by atoms with Crippen LogP contribution in [0.2, 0.25) is 10.0 Å². The molecule has 1 saturated heterocycles. The van der Waals surface area contributed by atoms with Crippen LogP contribution in [-0.4, -0.2) is 46.0 Å². The van der Waals surface area contributed by atoms with Gasteiger partial charge in [-0.25, -0.2) is 8.42 Å². The highest BCUT2D eigenvalue weighted by Gasteiger charge is 2.30. The molecule has 0 saturated carbocycles. The predicted octanol–water partition coefficient (Wildman–Crippen LogP) is 3.51. The Morgan fingerprint density at radius 3 is 2.16 bits per heavy atom. The van der Waals surface area contributed by atoms with Gasteiger partial charge in [-0.05, 0) is 42.5 Å². The zero-order chi connectivity index (χ0) is 18.0. The Bertz CT molecular complexity index is 849. The molecule has 0 N–H and O–H groups in total. The Morgan fingerprint density at radius 2 is 1.60 bits per heavy atom. The summed E-state index contributed by atoms with van der Waals surface area (Å²) in [7, 11) is -2.00. The molecule has 1 aliphatic heterocycles. The minimum absolute atomic E-state index is 0.0939. The third kappa shape index (κ3) is 3.87. The first-order valence-electron chi connectivity index (χ1n) is 7.76. The largest absolute Gasteiger partial charge is 0.497 e. The fraction of sp³-hybridized carbons (Fsp3) is 0.294. The molecule has 0 aliphatic carbocycles. The molecule has 0 atom stereocenters. The smallest absolute Gasteiger partial charge is 0.244 e. The number of hydrogen-bond donors (Lipinski definition) is 0. The van der Waals surface area contributed by atoms with Crippen molar-refractivity contribution in [2.24, 2.45) is 0 Å². The van der Waals surface area contributed by atoms with Crippen LogP contribution in [-0.2, 0) is 10.0 Å². The Hall–Kier alpha value is -1.47. The highest BCUT2D eigenvalue weighted by molar-refractivity contribution is 7.89. The van der Waals surface area contributed by atoms with Crippen molar-refractivity contribution in [3.8, 4) is 5.75 Å². The standard InChI is InChI=1S/C17H18Cl2N2O3S/c1-24-15-5-3-14(4-6-15)20-8-10-21(11-9-20)25(22,23)17-7-2-13(18)12-16(17)19/h2-7,12H,8-11H2,1H3. The van der Waals surface area contributed by atoms with Crippen LogP contribution in [0.1, 0.15) is 0 Å². The van der Waals surface area contributed by atoms with E-state index in [1.54, 1.807) is 7.11 Å². The first kappa shape index (κ1) is 18.3. The van der Waals surface area contributed by atoms with Crippen LogP contribution in [0.3, 0.4) is 0 Å². The third-order valence-corrected chi connectivity index (χ3v) is 6.80. The Kier molecular flexibility index (Phi) is 5.43. The fourth-order valence-corrected chi connectivity index (χ4v) is 4.97. The molecule has 1 fully saturated rings. The second-order valence-corrected chi connectivity index (χ2v) is 8.41. The summed E-state index contributed by atoms with van der Waals surface area (Å²) < 4.78 is 32.2. The van der Waals surface area contributed by atoms with Gasteiger partial charge in [-0.3, -0.25) is 0 Å². The van der Waals surface area contributed by atoms with Crippen molar-refractivity contribution in [2.75, 3.05) is 38.2 Å². The van der Waals surface area contributed by atoms with E-state index in [0.29, 0.717) is 31.2 Å². The summed E-state index contributed by atoms with van der Waals surface area (Å²) in [5, 5.41) is 0.554. The molecule has 0 amide bonds. The van der Waals surface area contributed by atoms with E-state index in [9.17, 15) is 8.42 Å². The minimum atomic E-state index is -3.63. The predicted molar refractivity (Wildman–Crippen MR) is 100 cm³/mol. The normalized spacial score (nSPS) is 16.0. The van der Waals surface area contributed by atoms with Crippen LogP contribution in [0.5, 0.6) is 5.75 Å². The van der Waals surface area contributed by atoms with Gasteiger partial charge in [0.1, 0.15) is 10.6 Å². The summed E-state index contributed by atoms with van der Waals surface area (Å²) >= 11 is 11.9. The molecule has 1 heterocycles. The quantitative estimate of drug-likeness (QED) is 0.787. The number of piperazine rings is 1. The minimum Gasteiger partial charge on any atom is -0.497 e. The Morgan fingerprint density at radius 1 is 0.960 bits per heavy atom. The topological polar surface area (TPSA) is 49.9 Å². The number of anilines is 1. The van der Waals surface area contributed by atoms with Gasteiger partial charge in [-0.1, -0.05) is 23.2 Å². The molecule has 2 aromatic rings. The summed E-state index contributed by atoms with van der Waals surface area (Å²) in [6.45, 7) is 2.01. The maximum absolute atomic E-state index is 12.8. The average molecular weight is 401 g/mol. The van der Waals surface area contributed by atoms with Crippen LogP contribution in [0.25, 0.3) is 0 Å². The van der Waals surface area contributed by atoms with Crippen LogP contribution >= 0.6 is 23.2 Å². The van der Waals surface area contributed by atoms with E-state index < -0.39 is 10.0 Å². The molecular formula is C17H18Cl2N2O3S. The second kappa shape index (κ2) is 7.41. The number of rotatable bonds is 4. The SMILES string of the molecule is COc1ccc(N2CCN(S(=O)(=O)c3ccc(Cl)cc3Cl)CC2)cc1. The maximum Gasteiger partial charge on any atom is 0.244 e. The lowest BCUT2D eigenvalue weighted by molar-refractivity contribution is 0.384. The van der Waals surface area contributed by atoms with Crippen molar-refractivity contribution in [1.82, 2.24) is 4.31 Å². The first-order chi connectivity index (χ1) is 11.9. The molecule has 3 rings (SSSR count). The highest BCUT2D eigenvalue weighted by Crippen LogP contribution is 2.29. The number of nitrogens with zero attached hydrogens (tertiary/aromatic N) is 2. The molecule has 5 nitrogen and oxygen atoms in total. The van der Waals surface area contributed by atoms with Crippen molar-refractivity contribution in [1.29, 1.82) is 0 Å². The number of methoxy groups -OCH3 is 1. The highest BCUT2D eigenvalue weighted by atomic mass is 35.5. The molecule has 25 heavy (non-hydrogen) atoms. The van der Waals surface area contributed by atoms with E-state index in [0.717, 1.165) is 11.4 Å². The van der Waals surface area contributed by atoms with Crippen LogP contribution < -0.4 is 9.64 Å². The summed E-state index contributed by atoms with van der Waals surface area (Å²) in [6.07, 6.45) is 0. The van der Waals surface area contributed by atoms with E-state index in [4.69, 9.17) is 27.9 Å². The van der Waals surface area contributed by atoms with Gasteiger partial charge in [-0.15, -0.1) is 0 Å². The molecule has 0 spiro atoms. The fourth-order valence-electron chi connectivity index (χ4n) is 2.80. The van der Waals surface area contributed by atoms with Crippen molar-refractivity contribution in [3.63, 3.8) is 0 Å². The third-order valence-electron chi connectivity index (χ3n) is 4.19. The van der Waals surface area contributed by atoms with Gasteiger partial charge in [0.2, 0.25) is 10.0 Å². The molecule has 0 bridgehead atoms. The number of benzene rings is 2. The Labute approximate surface area is 157 Å². The zero-order valence-corrected chi connectivity index (χ0v) is 16.0. The summed E-state index contributed by atoms with van der Waals surface area (Å²) in [5.41, 5.74) is 1.04. The lowest BCUT2D eigenvalue weighted by Gasteiger charge is -2.35. The molecule has 0 radical (unpaired) electrons. The van der Waals surface area contributed by atoms with Crippen molar-refractivity contribution >= 4 is 38.9 Å². The second-order valence-electron chi connectivity index (χ2n) is 5.66. The van der Waals surface area contributed by atoms with Crippen LogP contribution in [0.15, 0.2) is 47.4 Å². The molecule has 0 unspecified atom stereocenters. The first-order valence-corrected chi connectivity index (χ1v) is 9.95. The molecule has 2 aromatic carbocycles. The van der Waals surface area contributed by atoms with Crippen molar-refractivity contribution < 1.29 is 13.2 Å². The number of halogens is 2. The summed E-state index contributed by atoms with van der Waals surface area (Å²) in [6, 6.07) is 12.2. The van der Waals surface area contributed by atoms with E-state index in [2.05, 4.69) is 4.90 Å². The van der Waals surface area contributed by atoms with Crippen LogP contribution in [0.4, 0.5) is 5.69 Å². The van der Waals surface area contributed by atoms with E-state index in [-0.39, 0.29) is 9.92 Å². The number of sulfonamides is 1. The summed E-state index contributed by atoms with van der Waals surface area (Å²) in [4.78, 5) is 2.24. The van der Waals surface area contributed by atoms with Gasteiger partial charge in [0.05, 0.1) is 12.1 Å². The van der Waals surface area contributed by atoms with E-state index in [1.165, 1.54) is 22.5 Å². The number of ether oxygens (including phenoxy) is 1.